The fourth-order valence-corrected chi connectivity index (χ4v) is 5.26. The highest BCUT2D eigenvalue weighted by atomic mass is 32.1. The third kappa shape index (κ3) is 3.58. The number of nitrogens with one attached hydrogen (secondary N) is 1. The van der Waals surface area contributed by atoms with Gasteiger partial charge in [0.1, 0.15) is 11.6 Å². The van der Waals surface area contributed by atoms with E-state index in [1.165, 1.54) is 29.5 Å². The number of piperidine rings is 1. The summed E-state index contributed by atoms with van der Waals surface area (Å²) in [6, 6.07) is 7.97. The molecule has 156 valence electrons. The van der Waals surface area contributed by atoms with Crippen LogP contribution in [-0.4, -0.2) is 29.0 Å². The van der Waals surface area contributed by atoms with E-state index in [2.05, 4.69) is 22.5 Å². The molecule has 3 aromatic rings. The van der Waals surface area contributed by atoms with Gasteiger partial charge in [-0.05, 0) is 51.2 Å². The minimum absolute atomic E-state index is 0.0489. The monoisotopic (exact) mass is 420 g/mol. The number of carbonyl (C=O) groups excluding carboxylic acids is 1. The molecule has 30 heavy (non-hydrogen) atoms. The smallest absolute Gasteiger partial charge is 0.227 e. The van der Waals surface area contributed by atoms with Crippen molar-refractivity contribution in [3.8, 4) is 0 Å². The predicted octanol–water partition coefficient (Wildman–Crippen LogP) is 5.43. The van der Waals surface area contributed by atoms with Crippen LogP contribution in [0.25, 0.3) is 10.9 Å². The van der Waals surface area contributed by atoms with Crippen molar-refractivity contribution >= 4 is 39.7 Å². The fourth-order valence-electron chi connectivity index (χ4n) is 4.49. The molecule has 0 unspecified atom stereocenters. The summed E-state index contributed by atoms with van der Waals surface area (Å²) >= 11 is 1.76. The zero-order valence-corrected chi connectivity index (χ0v) is 18.5. The van der Waals surface area contributed by atoms with Crippen LogP contribution in [-0.2, 0) is 4.79 Å². The van der Waals surface area contributed by atoms with Gasteiger partial charge in [0, 0.05) is 40.9 Å². The Morgan fingerprint density at radius 2 is 1.87 bits per heavy atom. The summed E-state index contributed by atoms with van der Waals surface area (Å²) in [4.78, 5) is 26.4. The topological polar surface area (TPSA) is 58.1 Å². The Balaban J connectivity index is 1.33. The van der Waals surface area contributed by atoms with Crippen molar-refractivity contribution in [2.45, 2.75) is 51.9 Å². The molecule has 0 bridgehead atoms. The van der Waals surface area contributed by atoms with Crippen LogP contribution in [0.1, 0.15) is 54.3 Å². The number of aryl methyl sites for hydroxylation is 2. The highest BCUT2D eigenvalue weighted by Gasteiger charge is 2.29. The summed E-state index contributed by atoms with van der Waals surface area (Å²) in [7, 11) is 0. The van der Waals surface area contributed by atoms with E-state index in [9.17, 15) is 4.79 Å². The van der Waals surface area contributed by atoms with Gasteiger partial charge in [-0.1, -0.05) is 24.6 Å². The van der Waals surface area contributed by atoms with Gasteiger partial charge in [0.05, 0.1) is 10.9 Å². The number of aromatic nitrogens is 2. The summed E-state index contributed by atoms with van der Waals surface area (Å²) in [5, 5.41) is 6.49. The lowest BCUT2D eigenvalue weighted by Crippen LogP contribution is -2.39. The molecule has 1 N–H and O–H groups in total. The van der Waals surface area contributed by atoms with Crippen molar-refractivity contribution < 1.29 is 4.79 Å². The average molecular weight is 421 g/mol. The molecule has 0 radical (unpaired) electrons. The first-order valence-electron chi connectivity index (χ1n) is 11.0. The first kappa shape index (κ1) is 19.5. The van der Waals surface area contributed by atoms with Gasteiger partial charge in [0.2, 0.25) is 5.91 Å². The molecule has 1 saturated carbocycles. The van der Waals surface area contributed by atoms with Crippen LogP contribution in [0, 0.1) is 19.8 Å². The third-order valence-corrected chi connectivity index (χ3v) is 7.57. The van der Waals surface area contributed by atoms with Gasteiger partial charge in [0.15, 0.2) is 0 Å². The SMILES string of the molecule is Cc1ccccc1NC(=O)C1CCN(c2nc(C3CCC3)nc3csc(C)c23)CC1. The Labute approximate surface area is 181 Å². The highest BCUT2D eigenvalue weighted by Crippen LogP contribution is 2.39. The number of hydrogen-bond acceptors (Lipinski definition) is 5. The molecule has 2 aromatic heterocycles. The minimum atomic E-state index is 0.0489. The Kier molecular flexibility index (Phi) is 5.19. The van der Waals surface area contributed by atoms with Gasteiger partial charge in [-0.25, -0.2) is 9.97 Å². The summed E-state index contributed by atoms with van der Waals surface area (Å²) < 4.78 is 0. The van der Waals surface area contributed by atoms with Gasteiger partial charge in [-0.15, -0.1) is 11.3 Å². The molecule has 5 rings (SSSR count). The molecule has 5 nitrogen and oxygen atoms in total. The molecule has 3 heterocycles. The number of hydrogen-bond donors (Lipinski definition) is 1. The Hall–Kier alpha value is -2.47. The third-order valence-electron chi connectivity index (χ3n) is 6.67. The maximum atomic E-state index is 12.8. The zero-order valence-electron chi connectivity index (χ0n) is 17.6. The Morgan fingerprint density at radius 3 is 2.57 bits per heavy atom. The van der Waals surface area contributed by atoms with Gasteiger partial charge in [-0.3, -0.25) is 4.79 Å². The molecule has 0 spiro atoms. The number of fused-ring (bicyclic) bond motifs is 1. The largest absolute Gasteiger partial charge is 0.356 e. The maximum Gasteiger partial charge on any atom is 0.227 e. The van der Waals surface area contributed by atoms with E-state index in [0.29, 0.717) is 5.92 Å². The van der Waals surface area contributed by atoms with E-state index in [1.807, 2.05) is 31.2 Å². The molecule has 1 aliphatic carbocycles. The number of thiophene rings is 1. The van der Waals surface area contributed by atoms with E-state index >= 15 is 0 Å². The number of carbonyl (C=O) groups is 1. The predicted molar refractivity (Wildman–Crippen MR) is 123 cm³/mol. The van der Waals surface area contributed by atoms with Gasteiger partial charge in [-0.2, -0.15) is 0 Å². The molecule has 6 heteroatoms. The Morgan fingerprint density at radius 1 is 1.10 bits per heavy atom. The second kappa shape index (κ2) is 7.99. The first-order chi connectivity index (χ1) is 14.6. The number of nitrogens with zero attached hydrogens (tertiary/aromatic N) is 3. The molecular weight excluding hydrogens is 392 g/mol. The van der Waals surface area contributed by atoms with Gasteiger partial charge >= 0.3 is 0 Å². The summed E-state index contributed by atoms with van der Waals surface area (Å²) in [6.45, 7) is 5.90. The quantitative estimate of drug-likeness (QED) is 0.611. The summed E-state index contributed by atoms with van der Waals surface area (Å²) in [6.07, 6.45) is 5.40. The molecule has 2 fully saturated rings. The van der Waals surface area contributed by atoms with E-state index < -0.39 is 0 Å². The second-order valence-electron chi connectivity index (χ2n) is 8.65. The number of benzene rings is 1. The van der Waals surface area contributed by atoms with Crippen molar-refractivity contribution in [1.29, 1.82) is 0 Å². The van der Waals surface area contributed by atoms with Crippen LogP contribution in [0.15, 0.2) is 29.6 Å². The number of rotatable bonds is 4. The average Bonchev–Trinajstić information content (AvgIpc) is 3.09. The van der Waals surface area contributed by atoms with Gasteiger partial charge < -0.3 is 10.2 Å². The lowest BCUT2D eigenvalue weighted by molar-refractivity contribution is -0.120. The van der Waals surface area contributed by atoms with Crippen molar-refractivity contribution in [2.75, 3.05) is 23.3 Å². The first-order valence-corrected chi connectivity index (χ1v) is 11.9. The number of amides is 1. The van der Waals surface area contributed by atoms with Crippen LogP contribution in [0.5, 0.6) is 0 Å². The molecule has 1 aromatic carbocycles. The molecular formula is C24H28N4OS. The molecule has 0 atom stereocenters. The van der Waals surface area contributed by atoms with Crippen molar-refractivity contribution in [3.05, 3.63) is 45.9 Å². The van der Waals surface area contributed by atoms with Crippen LogP contribution >= 0.6 is 11.3 Å². The number of anilines is 2. The molecule has 1 amide bonds. The fraction of sp³-hybridized carbons (Fsp3) is 0.458. The van der Waals surface area contributed by atoms with Gasteiger partial charge in [0.25, 0.3) is 0 Å². The van der Waals surface area contributed by atoms with Crippen LogP contribution in [0.2, 0.25) is 0 Å². The summed E-state index contributed by atoms with van der Waals surface area (Å²) in [5.74, 6) is 2.80. The maximum absolute atomic E-state index is 12.8. The summed E-state index contributed by atoms with van der Waals surface area (Å²) in [5.41, 5.74) is 3.11. The lowest BCUT2D eigenvalue weighted by Gasteiger charge is -2.33. The van der Waals surface area contributed by atoms with E-state index in [-0.39, 0.29) is 11.8 Å². The van der Waals surface area contributed by atoms with Crippen molar-refractivity contribution in [1.82, 2.24) is 9.97 Å². The molecule has 2 aliphatic rings. The van der Waals surface area contributed by atoms with E-state index in [0.717, 1.165) is 54.3 Å². The zero-order chi connectivity index (χ0) is 20.7. The second-order valence-corrected chi connectivity index (χ2v) is 9.73. The van der Waals surface area contributed by atoms with Crippen LogP contribution in [0.3, 0.4) is 0 Å². The molecule has 1 saturated heterocycles. The molecule has 1 aliphatic heterocycles. The Bertz CT molecular complexity index is 1080. The lowest BCUT2D eigenvalue weighted by atomic mass is 9.85. The highest BCUT2D eigenvalue weighted by molar-refractivity contribution is 7.11. The van der Waals surface area contributed by atoms with Crippen molar-refractivity contribution in [3.63, 3.8) is 0 Å². The van der Waals surface area contributed by atoms with E-state index in [1.54, 1.807) is 11.3 Å². The van der Waals surface area contributed by atoms with E-state index in [4.69, 9.17) is 9.97 Å². The van der Waals surface area contributed by atoms with Crippen molar-refractivity contribution in [2.24, 2.45) is 5.92 Å². The minimum Gasteiger partial charge on any atom is -0.356 e. The van der Waals surface area contributed by atoms with Crippen LogP contribution < -0.4 is 10.2 Å². The number of para-hydroxylation sites is 1. The van der Waals surface area contributed by atoms with Crippen LogP contribution in [0.4, 0.5) is 11.5 Å². The normalized spacial score (nSPS) is 17.9. The standard InChI is InChI=1S/C24H28N4OS/c1-15-6-3-4-9-19(15)26-24(29)18-10-12-28(13-11-18)23-21-16(2)30-14-20(21)25-22(27-23)17-7-5-8-17/h3-4,6,9,14,17-18H,5,7-8,10-13H2,1-2H3,(H,26,29).